The van der Waals surface area contributed by atoms with E-state index < -0.39 is 0 Å². The van der Waals surface area contributed by atoms with Gasteiger partial charge in [0, 0.05) is 37.2 Å². The van der Waals surface area contributed by atoms with E-state index in [1.165, 1.54) is 12.8 Å². The summed E-state index contributed by atoms with van der Waals surface area (Å²) in [6, 6.07) is 8.78. The molecule has 24 heavy (non-hydrogen) atoms. The minimum atomic E-state index is 0.288. The van der Waals surface area contributed by atoms with Crippen molar-refractivity contribution in [2.45, 2.75) is 31.2 Å². The molecule has 2 aliphatic rings. The average molecular weight is 321 g/mol. The van der Waals surface area contributed by atoms with Crippen molar-refractivity contribution in [3.8, 4) is 17.2 Å². The van der Waals surface area contributed by atoms with Crippen LogP contribution in [0.3, 0.4) is 0 Å². The fraction of sp³-hybridized carbons (Fsp3) is 0.389. The minimum absolute atomic E-state index is 0.288. The summed E-state index contributed by atoms with van der Waals surface area (Å²) in [5.74, 6) is 2.07. The van der Waals surface area contributed by atoms with Crippen molar-refractivity contribution in [1.82, 2.24) is 24.3 Å². The lowest BCUT2D eigenvalue weighted by Crippen LogP contribution is -2.04. The molecule has 1 saturated carbocycles. The van der Waals surface area contributed by atoms with E-state index >= 15 is 0 Å². The molecule has 0 radical (unpaired) electrons. The first kappa shape index (κ1) is 13.9. The van der Waals surface area contributed by atoms with Gasteiger partial charge in [-0.05, 0) is 43.5 Å². The lowest BCUT2D eigenvalue weighted by molar-refractivity contribution is 0.193. The van der Waals surface area contributed by atoms with E-state index in [0.717, 1.165) is 36.1 Å². The van der Waals surface area contributed by atoms with E-state index in [0.29, 0.717) is 12.6 Å². The molecule has 0 aromatic carbocycles. The van der Waals surface area contributed by atoms with Gasteiger partial charge in [0.1, 0.15) is 0 Å². The van der Waals surface area contributed by atoms with Gasteiger partial charge >= 0.3 is 0 Å². The smallest absolute Gasteiger partial charge is 0.179 e. The van der Waals surface area contributed by atoms with E-state index in [9.17, 15) is 0 Å². The Hall–Kier alpha value is -2.47. The Morgan fingerprint density at radius 1 is 1.08 bits per heavy atom. The molecule has 6 nitrogen and oxygen atoms in total. The van der Waals surface area contributed by atoms with Crippen molar-refractivity contribution in [3.05, 3.63) is 48.7 Å². The van der Waals surface area contributed by atoms with Gasteiger partial charge in [-0.15, -0.1) is 0 Å². The lowest BCUT2D eigenvalue weighted by Gasteiger charge is -2.09. The van der Waals surface area contributed by atoms with Crippen LogP contribution in [0.5, 0.6) is 0 Å². The molecule has 1 aliphatic carbocycles. The van der Waals surface area contributed by atoms with E-state index in [1.54, 1.807) is 12.4 Å². The summed E-state index contributed by atoms with van der Waals surface area (Å²) in [5, 5.41) is 4.82. The van der Waals surface area contributed by atoms with E-state index in [4.69, 9.17) is 14.8 Å². The SMILES string of the molecule is c1cc(-c2nc([C@H]3CCOC3)nn2-c2ccncc2)n(C2CC2)c1. The van der Waals surface area contributed by atoms with E-state index in [2.05, 4.69) is 27.9 Å². The van der Waals surface area contributed by atoms with Crippen molar-refractivity contribution < 1.29 is 4.74 Å². The molecule has 6 heteroatoms. The van der Waals surface area contributed by atoms with Gasteiger partial charge in [-0.25, -0.2) is 9.67 Å². The number of hydrogen-bond donors (Lipinski definition) is 0. The number of ether oxygens (including phenoxy) is 1. The van der Waals surface area contributed by atoms with Gasteiger partial charge in [-0.1, -0.05) is 0 Å². The van der Waals surface area contributed by atoms with Crippen LogP contribution in [-0.4, -0.2) is 37.5 Å². The van der Waals surface area contributed by atoms with Crippen LogP contribution < -0.4 is 0 Å². The fourth-order valence-electron chi connectivity index (χ4n) is 3.32. The highest BCUT2D eigenvalue weighted by Crippen LogP contribution is 2.39. The van der Waals surface area contributed by atoms with Crippen LogP contribution in [0.4, 0.5) is 0 Å². The Morgan fingerprint density at radius 3 is 2.71 bits per heavy atom. The number of hydrogen-bond acceptors (Lipinski definition) is 4. The largest absolute Gasteiger partial charge is 0.381 e. The van der Waals surface area contributed by atoms with E-state index in [1.807, 2.05) is 16.8 Å². The Kier molecular flexibility index (Phi) is 3.23. The maximum absolute atomic E-state index is 5.52. The molecular formula is C18H19N5O. The second kappa shape index (κ2) is 5.56. The van der Waals surface area contributed by atoms with Crippen molar-refractivity contribution in [2.24, 2.45) is 0 Å². The highest BCUT2D eigenvalue weighted by molar-refractivity contribution is 5.55. The summed E-state index contributed by atoms with van der Waals surface area (Å²) in [5.41, 5.74) is 2.12. The van der Waals surface area contributed by atoms with Crippen LogP contribution in [0.1, 0.15) is 37.0 Å². The number of aromatic nitrogens is 5. The van der Waals surface area contributed by atoms with Crippen molar-refractivity contribution in [2.75, 3.05) is 13.2 Å². The molecule has 5 rings (SSSR count). The zero-order valence-corrected chi connectivity index (χ0v) is 13.4. The lowest BCUT2D eigenvalue weighted by atomic mass is 10.1. The van der Waals surface area contributed by atoms with E-state index in [-0.39, 0.29) is 5.92 Å². The summed E-state index contributed by atoms with van der Waals surface area (Å²) < 4.78 is 9.80. The predicted octanol–water partition coefficient (Wildman–Crippen LogP) is 2.97. The molecule has 1 atom stereocenters. The first-order valence-corrected chi connectivity index (χ1v) is 8.52. The van der Waals surface area contributed by atoms with Crippen molar-refractivity contribution >= 4 is 0 Å². The fourth-order valence-corrected chi connectivity index (χ4v) is 3.32. The molecule has 0 amide bonds. The standard InChI is InChI=1S/C18H19N5O/c1-2-16(22(10-1)14-3-4-14)18-20-17(13-7-11-24-12-13)21-23(18)15-5-8-19-9-6-15/h1-2,5-6,8-10,13-14H,3-4,7,11-12H2/t13-/m0/s1. The van der Waals surface area contributed by atoms with Crippen LogP contribution >= 0.6 is 0 Å². The van der Waals surface area contributed by atoms with Gasteiger partial charge in [0.15, 0.2) is 11.6 Å². The van der Waals surface area contributed by atoms with Gasteiger partial charge in [0.2, 0.25) is 0 Å². The molecule has 1 saturated heterocycles. The highest BCUT2D eigenvalue weighted by atomic mass is 16.5. The molecule has 0 bridgehead atoms. The third kappa shape index (κ3) is 2.34. The van der Waals surface area contributed by atoms with Crippen LogP contribution in [0.25, 0.3) is 17.2 Å². The Morgan fingerprint density at radius 2 is 1.96 bits per heavy atom. The summed E-state index contributed by atoms with van der Waals surface area (Å²) in [4.78, 5) is 9.03. The summed E-state index contributed by atoms with van der Waals surface area (Å²) in [6.07, 6.45) is 9.21. The molecule has 0 N–H and O–H groups in total. The third-order valence-corrected chi connectivity index (χ3v) is 4.77. The molecule has 3 aromatic heterocycles. The summed E-state index contributed by atoms with van der Waals surface area (Å²) >= 11 is 0. The predicted molar refractivity (Wildman–Crippen MR) is 89.0 cm³/mol. The molecular weight excluding hydrogens is 302 g/mol. The Labute approximate surface area is 140 Å². The van der Waals surface area contributed by atoms with Crippen LogP contribution in [0.15, 0.2) is 42.9 Å². The van der Waals surface area contributed by atoms with Crippen LogP contribution in [0.2, 0.25) is 0 Å². The molecule has 2 fully saturated rings. The maximum atomic E-state index is 5.52. The summed E-state index contributed by atoms with van der Waals surface area (Å²) in [7, 11) is 0. The monoisotopic (exact) mass is 321 g/mol. The Bertz CT molecular complexity index is 843. The zero-order valence-electron chi connectivity index (χ0n) is 13.4. The van der Waals surface area contributed by atoms with Gasteiger partial charge in [0.05, 0.1) is 18.0 Å². The molecule has 0 unspecified atom stereocenters. The van der Waals surface area contributed by atoms with Gasteiger partial charge < -0.3 is 9.30 Å². The minimum Gasteiger partial charge on any atom is -0.381 e. The highest BCUT2D eigenvalue weighted by Gasteiger charge is 2.29. The van der Waals surface area contributed by atoms with Gasteiger partial charge in [0.25, 0.3) is 0 Å². The quantitative estimate of drug-likeness (QED) is 0.741. The number of nitrogens with zero attached hydrogens (tertiary/aromatic N) is 5. The maximum Gasteiger partial charge on any atom is 0.179 e. The first-order chi connectivity index (χ1) is 11.9. The molecule has 0 spiro atoms. The molecule has 3 aromatic rings. The van der Waals surface area contributed by atoms with Crippen molar-refractivity contribution in [3.63, 3.8) is 0 Å². The third-order valence-electron chi connectivity index (χ3n) is 4.77. The normalized spacial score (nSPS) is 20.6. The first-order valence-electron chi connectivity index (χ1n) is 8.52. The van der Waals surface area contributed by atoms with Crippen molar-refractivity contribution in [1.29, 1.82) is 0 Å². The second-order valence-electron chi connectivity index (χ2n) is 6.50. The molecule has 122 valence electrons. The zero-order chi connectivity index (χ0) is 15.9. The average Bonchev–Trinajstić information content (AvgIpc) is 3.08. The van der Waals surface area contributed by atoms with Crippen LogP contribution in [0, 0.1) is 0 Å². The second-order valence-corrected chi connectivity index (χ2v) is 6.50. The number of rotatable bonds is 4. The molecule has 4 heterocycles. The molecule has 1 aliphatic heterocycles. The topological polar surface area (TPSA) is 57.8 Å². The van der Waals surface area contributed by atoms with Crippen LogP contribution in [-0.2, 0) is 4.74 Å². The summed E-state index contributed by atoms with van der Waals surface area (Å²) in [6.45, 7) is 1.51. The van der Waals surface area contributed by atoms with Gasteiger partial charge in [-0.2, -0.15) is 5.10 Å². The van der Waals surface area contributed by atoms with Gasteiger partial charge in [-0.3, -0.25) is 4.98 Å². The Balaban J connectivity index is 1.65. The number of pyridine rings is 1.